The lowest BCUT2D eigenvalue weighted by atomic mass is 10.3. The first-order valence-corrected chi connectivity index (χ1v) is 7.75. The molecule has 0 aliphatic rings. The predicted octanol–water partition coefficient (Wildman–Crippen LogP) is 1.78. The minimum Gasteiger partial charge on any atom is -0.492 e. The summed E-state index contributed by atoms with van der Waals surface area (Å²) in [7, 11) is 0.622. The highest BCUT2D eigenvalue weighted by Crippen LogP contribution is 2.19. The third kappa shape index (κ3) is 5.48. The van der Waals surface area contributed by atoms with Gasteiger partial charge in [0.25, 0.3) is 0 Å². The molecule has 0 fully saturated rings. The molecule has 0 bridgehead atoms. The summed E-state index contributed by atoms with van der Waals surface area (Å²) in [6, 6.07) is 6.97. The summed E-state index contributed by atoms with van der Waals surface area (Å²) < 4.78 is 31.6. The van der Waals surface area contributed by atoms with Gasteiger partial charge in [-0.1, -0.05) is 6.07 Å². The lowest BCUT2D eigenvalue weighted by molar-refractivity contribution is 0.261. The van der Waals surface area contributed by atoms with Crippen molar-refractivity contribution in [2.45, 2.75) is 19.1 Å². The molecule has 0 aliphatic carbocycles. The van der Waals surface area contributed by atoms with Crippen LogP contribution in [-0.4, -0.2) is 45.8 Å². The van der Waals surface area contributed by atoms with E-state index in [0.717, 1.165) is 6.54 Å². The summed E-state index contributed by atoms with van der Waals surface area (Å²) in [5.41, 5.74) is 0.524. The summed E-state index contributed by atoms with van der Waals surface area (Å²) in [5.74, 6) is 0.658. The Morgan fingerprint density at radius 3 is 2.58 bits per heavy atom. The minimum absolute atomic E-state index is 0.467. The molecule has 108 valence electrons. The molecule has 0 atom stereocenters. The molecule has 6 heteroatoms. The van der Waals surface area contributed by atoms with E-state index in [0.29, 0.717) is 18.0 Å². The van der Waals surface area contributed by atoms with Crippen LogP contribution in [0.1, 0.15) is 13.8 Å². The van der Waals surface area contributed by atoms with Gasteiger partial charge < -0.3 is 9.64 Å². The molecule has 1 aromatic rings. The van der Waals surface area contributed by atoms with Crippen LogP contribution in [0.4, 0.5) is 5.69 Å². The van der Waals surface area contributed by atoms with Crippen molar-refractivity contribution >= 4 is 15.7 Å². The highest BCUT2D eigenvalue weighted by atomic mass is 32.2. The van der Waals surface area contributed by atoms with Gasteiger partial charge >= 0.3 is 0 Å². The van der Waals surface area contributed by atoms with Crippen LogP contribution in [0.3, 0.4) is 0 Å². The fourth-order valence-electron chi connectivity index (χ4n) is 1.28. The first-order chi connectivity index (χ1) is 8.81. The maximum Gasteiger partial charge on any atom is 0.235 e. The Hall–Kier alpha value is -1.27. The zero-order valence-electron chi connectivity index (χ0n) is 11.9. The standard InChI is InChI=1S/C13H22N2O3S/c1-11(2)19(16,17)14-12-6-5-7-13(10-12)18-9-8-15(3)4/h5-7,10-11,14H,8-9H2,1-4H3. The molecule has 1 N–H and O–H groups in total. The molecule has 0 unspecified atom stereocenters. The van der Waals surface area contributed by atoms with Gasteiger partial charge in [-0.3, -0.25) is 4.72 Å². The van der Waals surface area contributed by atoms with Gasteiger partial charge in [0.15, 0.2) is 0 Å². The number of rotatable bonds is 7. The zero-order valence-corrected chi connectivity index (χ0v) is 12.7. The van der Waals surface area contributed by atoms with E-state index in [-0.39, 0.29) is 0 Å². The van der Waals surface area contributed by atoms with Crippen LogP contribution in [0, 0.1) is 0 Å². The third-order valence-corrected chi connectivity index (χ3v) is 4.28. The lowest BCUT2D eigenvalue weighted by Gasteiger charge is -2.13. The number of sulfonamides is 1. The molecule has 0 saturated heterocycles. The Balaban J connectivity index is 2.67. The van der Waals surface area contributed by atoms with Crippen molar-refractivity contribution in [1.29, 1.82) is 0 Å². The molecule has 5 nitrogen and oxygen atoms in total. The fraction of sp³-hybridized carbons (Fsp3) is 0.538. The quantitative estimate of drug-likeness (QED) is 0.830. The van der Waals surface area contributed by atoms with Crippen molar-refractivity contribution in [3.63, 3.8) is 0 Å². The Bertz CT molecular complexity index is 498. The third-order valence-electron chi connectivity index (χ3n) is 2.52. The fourth-order valence-corrected chi connectivity index (χ4v) is 1.97. The van der Waals surface area contributed by atoms with E-state index in [1.54, 1.807) is 32.0 Å². The second-order valence-corrected chi connectivity index (χ2v) is 7.11. The van der Waals surface area contributed by atoms with Crippen LogP contribution in [0.25, 0.3) is 0 Å². The van der Waals surface area contributed by atoms with Crippen LogP contribution >= 0.6 is 0 Å². The van der Waals surface area contributed by atoms with Gasteiger partial charge in [-0.2, -0.15) is 0 Å². The van der Waals surface area contributed by atoms with Gasteiger partial charge in [0.05, 0.1) is 10.9 Å². The number of likely N-dealkylation sites (N-methyl/N-ethyl adjacent to an activating group) is 1. The van der Waals surface area contributed by atoms with E-state index in [2.05, 4.69) is 4.72 Å². The summed E-state index contributed by atoms with van der Waals surface area (Å²) in [5, 5.41) is -0.467. The van der Waals surface area contributed by atoms with Crippen LogP contribution in [-0.2, 0) is 10.0 Å². The molecule has 0 aromatic heterocycles. The molecule has 0 spiro atoms. The number of benzene rings is 1. The smallest absolute Gasteiger partial charge is 0.235 e. The first-order valence-electron chi connectivity index (χ1n) is 6.20. The van der Waals surface area contributed by atoms with E-state index in [9.17, 15) is 8.42 Å². The number of hydrogen-bond acceptors (Lipinski definition) is 4. The van der Waals surface area contributed by atoms with Crippen LogP contribution in [0.15, 0.2) is 24.3 Å². The van der Waals surface area contributed by atoms with Gasteiger partial charge in [0.2, 0.25) is 10.0 Å². The Morgan fingerprint density at radius 2 is 2.00 bits per heavy atom. The van der Waals surface area contributed by atoms with Gasteiger partial charge in [-0.05, 0) is 40.1 Å². The van der Waals surface area contributed by atoms with E-state index < -0.39 is 15.3 Å². The zero-order chi connectivity index (χ0) is 14.5. The number of hydrogen-bond donors (Lipinski definition) is 1. The molecule has 0 aliphatic heterocycles. The Kier molecular flexibility index (Phi) is 5.62. The van der Waals surface area contributed by atoms with E-state index in [1.165, 1.54) is 0 Å². The molecule has 0 radical (unpaired) electrons. The van der Waals surface area contributed by atoms with Crippen molar-refractivity contribution < 1.29 is 13.2 Å². The number of nitrogens with one attached hydrogen (secondary N) is 1. The van der Waals surface area contributed by atoms with Gasteiger partial charge in [0.1, 0.15) is 12.4 Å². The summed E-state index contributed by atoms with van der Waals surface area (Å²) in [4.78, 5) is 2.02. The van der Waals surface area contributed by atoms with E-state index >= 15 is 0 Å². The number of anilines is 1. The van der Waals surface area contributed by atoms with Gasteiger partial charge in [0, 0.05) is 12.6 Å². The Morgan fingerprint density at radius 1 is 1.32 bits per heavy atom. The van der Waals surface area contributed by atoms with Crippen molar-refractivity contribution in [1.82, 2.24) is 4.90 Å². The average molecular weight is 286 g/mol. The van der Waals surface area contributed by atoms with Crippen LogP contribution < -0.4 is 9.46 Å². The highest BCUT2D eigenvalue weighted by Gasteiger charge is 2.15. The average Bonchev–Trinajstić information content (AvgIpc) is 2.28. The minimum atomic E-state index is -3.32. The first kappa shape index (κ1) is 15.8. The molecular weight excluding hydrogens is 264 g/mol. The molecule has 0 amide bonds. The largest absolute Gasteiger partial charge is 0.492 e. The second kappa shape index (κ2) is 6.77. The highest BCUT2D eigenvalue weighted by molar-refractivity contribution is 7.93. The maximum absolute atomic E-state index is 11.8. The molecule has 1 rings (SSSR count). The van der Waals surface area contributed by atoms with Crippen molar-refractivity contribution in [3.8, 4) is 5.75 Å². The molecule has 1 aromatic carbocycles. The molecule has 0 saturated carbocycles. The second-order valence-electron chi connectivity index (χ2n) is 4.88. The lowest BCUT2D eigenvalue weighted by Crippen LogP contribution is -2.22. The van der Waals surface area contributed by atoms with Crippen molar-refractivity contribution in [2.24, 2.45) is 0 Å². The Labute approximate surface area is 115 Å². The summed E-state index contributed by atoms with van der Waals surface area (Å²) in [6.07, 6.45) is 0. The maximum atomic E-state index is 11.8. The summed E-state index contributed by atoms with van der Waals surface area (Å²) in [6.45, 7) is 4.65. The normalized spacial score (nSPS) is 11.9. The predicted molar refractivity (Wildman–Crippen MR) is 78.2 cm³/mol. The SMILES string of the molecule is CC(C)S(=O)(=O)Nc1cccc(OCCN(C)C)c1. The van der Waals surface area contributed by atoms with Crippen LogP contribution in [0.5, 0.6) is 5.75 Å². The number of ether oxygens (including phenoxy) is 1. The van der Waals surface area contributed by atoms with Gasteiger partial charge in [-0.15, -0.1) is 0 Å². The monoisotopic (exact) mass is 286 g/mol. The van der Waals surface area contributed by atoms with E-state index in [1.807, 2.05) is 25.1 Å². The molecule has 19 heavy (non-hydrogen) atoms. The number of nitrogens with zero attached hydrogens (tertiary/aromatic N) is 1. The molecular formula is C13H22N2O3S. The van der Waals surface area contributed by atoms with Gasteiger partial charge in [-0.25, -0.2) is 8.42 Å². The van der Waals surface area contributed by atoms with E-state index in [4.69, 9.17) is 4.74 Å². The molecule has 0 heterocycles. The van der Waals surface area contributed by atoms with Crippen molar-refractivity contribution in [2.75, 3.05) is 32.0 Å². The topological polar surface area (TPSA) is 58.6 Å². The summed E-state index contributed by atoms with van der Waals surface area (Å²) >= 11 is 0. The van der Waals surface area contributed by atoms with Crippen molar-refractivity contribution in [3.05, 3.63) is 24.3 Å². The van der Waals surface area contributed by atoms with Crippen LogP contribution in [0.2, 0.25) is 0 Å².